The number of fused-ring (bicyclic) bond motifs is 3. The summed E-state index contributed by atoms with van der Waals surface area (Å²) in [5.74, 6) is -0.503. The predicted octanol–water partition coefficient (Wildman–Crippen LogP) is 3.08. The molecular weight excluding hydrogens is 309 g/mol. The maximum absolute atomic E-state index is 13.4. The highest BCUT2D eigenvalue weighted by Gasteiger charge is 2.43. The van der Waals surface area contributed by atoms with Crippen LogP contribution in [-0.2, 0) is 6.42 Å². The van der Waals surface area contributed by atoms with Gasteiger partial charge in [0.2, 0.25) is 0 Å². The minimum absolute atomic E-state index is 0. The van der Waals surface area contributed by atoms with Crippen molar-refractivity contribution >= 4 is 18.3 Å². The van der Waals surface area contributed by atoms with Crippen LogP contribution in [0.4, 0.5) is 0 Å². The van der Waals surface area contributed by atoms with E-state index in [0.717, 1.165) is 56.3 Å². The Kier molecular flexibility index (Phi) is 3.10. The van der Waals surface area contributed by atoms with E-state index in [9.17, 15) is 6.17 Å². The first kappa shape index (κ1) is 12.3. The molecule has 1 aliphatic carbocycles. The Labute approximate surface area is 148 Å². The van der Waals surface area contributed by atoms with E-state index in [1.54, 1.807) is 0 Å². The number of rotatable bonds is 1. The Balaban J connectivity index is 0.00000168. The van der Waals surface area contributed by atoms with Gasteiger partial charge in [-0.25, -0.2) is 0 Å². The van der Waals surface area contributed by atoms with Gasteiger partial charge in [0, 0.05) is 30.5 Å². The molecule has 6 rings (SSSR count). The Morgan fingerprint density at radius 2 is 2.04 bits per heavy atom. The Morgan fingerprint density at radius 1 is 1.22 bits per heavy atom. The molecule has 0 N–H and O–H groups in total. The fourth-order valence-electron chi connectivity index (χ4n) is 4.78. The lowest BCUT2D eigenvalue weighted by Crippen LogP contribution is -2.60. The molecule has 4 heteroatoms. The molecule has 1 aromatic rings. The third-order valence-corrected chi connectivity index (χ3v) is 5.93. The molecule has 1 aromatic carbocycles. The van der Waals surface area contributed by atoms with Crippen molar-refractivity contribution < 1.29 is 8.91 Å². The molecule has 3 fully saturated rings. The first-order valence-corrected chi connectivity index (χ1v) is 8.62. The molecule has 2 bridgehead atoms. The molecule has 2 atom stereocenters. The lowest BCUT2D eigenvalue weighted by Gasteiger charge is -2.51. The minimum atomic E-state index is -1.79. The first-order chi connectivity index (χ1) is 11.9. The van der Waals surface area contributed by atoms with Gasteiger partial charge in [0.1, 0.15) is 0 Å². The summed E-state index contributed by atoms with van der Waals surface area (Å²) in [6.45, 7) is 0.632. The van der Waals surface area contributed by atoms with Crippen molar-refractivity contribution in [2.45, 2.75) is 44.0 Å². The average Bonchev–Trinajstić information content (AvgIpc) is 2.60. The topological polar surface area (TPSA) is 23.6 Å². The highest BCUT2D eigenvalue weighted by molar-refractivity contribution is 5.98. The third-order valence-electron chi connectivity index (χ3n) is 5.93. The molecule has 3 nitrogen and oxygen atoms in total. The van der Waals surface area contributed by atoms with Crippen LogP contribution < -0.4 is 0 Å². The van der Waals surface area contributed by atoms with Crippen molar-refractivity contribution in [3.8, 4) is 0 Å². The summed E-state index contributed by atoms with van der Waals surface area (Å²) in [4.78, 5) is 17.0. The van der Waals surface area contributed by atoms with Crippen LogP contribution in [0.25, 0.3) is 0 Å². The number of nitrogens with zero attached hydrogens (tertiary/aromatic N) is 2. The monoisotopic (exact) mass is 336 g/mol. The molecule has 0 saturated carbocycles. The van der Waals surface area contributed by atoms with Crippen molar-refractivity contribution in [1.82, 2.24) is 9.80 Å². The molecule has 124 valence electrons. The second kappa shape index (κ2) is 5.78. The molecule has 0 radical (unpaired) electrons. The SMILES string of the molecule is Cl.[2H]C1(N2C(=O)c3cccc4c3[C@H](CCC4)C2([2H])[2H])[13CH2]N2CCC1CC2. The van der Waals surface area contributed by atoms with Crippen LogP contribution in [-0.4, -0.2) is 47.9 Å². The number of hydrogen-bond acceptors (Lipinski definition) is 2. The van der Waals surface area contributed by atoms with Crippen molar-refractivity contribution in [3.63, 3.8) is 0 Å². The summed E-state index contributed by atoms with van der Waals surface area (Å²) in [6.07, 6.45) is 4.40. The summed E-state index contributed by atoms with van der Waals surface area (Å²) in [6, 6.07) is 4.64. The molecule has 1 unspecified atom stereocenters. The van der Waals surface area contributed by atoms with Crippen molar-refractivity contribution in [3.05, 3.63) is 34.9 Å². The zero-order valence-corrected chi connectivity index (χ0v) is 14.1. The van der Waals surface area contributed by atoms with E-state index < -0.39 is 12.5 Å². The quantitative estimate of drug-likeness (QED) is 0.736. The number of benzene rings is 1. The number of amides is 1. The largest absolute Gasteiger partial charge is 0.333 e. The standard InChI is InChI=1S/C19H24N2O.ClH/c22-19-16-6-2-4-14-3-1-5-15(18(14)16)11-21(19)17-12-20-9-7-13(17)8-10-20;/h2,4,6,13,15,17H,1,3,5,7-12H2;1H/t15-,17?;/m1./s1/i11D2,12+1,17D;. The van der Waals surface area contributed by atoms with Gasteiger partial charge in [-0.15, -0.1) is 12.4 Å². The van der Waals surface area contributed by atoms with Crippen LogP contribution in [0.2, 0.25) is 0 Å². The van der Waals surface area contributed by atoms with Gasteiger partial charge in [-0.2, -0.15) is 0 Å². The van der Waals surface area contributed by atoms with Gasteiger partial charge in [-0.3, -0.25) is 4.79 Å². The molecule has 4 aliphatic heterocycles. The molecule has 1 amide bonds. The number of halogens is 1. The fraction of sp³-hybridized carbons (Fsp3) is 0.632. The van der Waals surface area contributed by atoms with E-state index in [1.165, 1.54) is 4.90 Å². The lowest BCUT2D eigenvalue weighted by atomic mass is 9.76. The first-order valence-electron chi connectivity index (χ1n) is 10.1. The van der Waals surface area contributed by atoms with E-state index in [2.05, 4.69) is 4.90 Å². The highest BCUT2D eigenvalue weighted by Crippen LogP contribution is 2.41. The van der Waals surface area contributed by atoms with E-state index in [1.807, 2.05) is 18.2 Å². The normalized spacial score (nSPS) is 42.1. The average molecular weight is 337 g/mol. The molecule has 3 saturated heterocycles. The van der Waals surface area contributed by atoms with Gasteiger partial charge < -0.3 is 9.80 Å². The van der Waals surface area contributed by atoms with Crippen LogP contribution in [0.15, 0.2) is 18.2 Å². The number of hydrogen-bond donors (Lipinski definition) is 0. The summed E-state index contributed by atoms with van der Waals surface area (Å²) >= 11 is 0. The zero-order valence-electron chi connectivity index (χ0n) is 16.3. The maximum Gasteiger partial charge on any atom is 0.254 e. The van der Waals surface area contributed by atoms with Crippen LogP contribution in [0.5, 0.6) is 0 Å². The summed E-state index contributed by atoms with van der Waals surface area (Å²) in [7, 11) is 0. The van der Waals surface area contributed by atoms with Crippen LogP contribution in [0, 0.1) is 5.92 Å². The van der Waals surface area contributed by atoms with Crippen molar-refractivity contribution in [2.75, 3.05) is 26.1 Å². The third kappa shape index (κ3) is 2.32. The number of aryl methyl sites for hydroxylation is 1. The maximum atomic E-state index is 13.4. The summed E-state index contributed by atoms with van der Waals surface area (Å²) < 4.78 is 27.0. The van der Waals surface area contributed by atoms with Crippen molar-refractivity contribution in [2.24, 2.45) is 5.92 Å². The van der Waals surface area contributed by atoms with Crippen LogP contribution in [0.3, 0.4) is 0 Å². The van der Waals surface area contributed by atoms with E-state index >= 15 is 0 Å². The van der Waals surface area contributed by atoms with Crippen molar-refractivity contribution in [1.29, 1.82) is 0 Å². The van der Waals surface area contributed by atoms with E-state index in [-0.39, 0.29) is 30.2 Å². The summed E-state index contributed by atoms with van der Waals surface area (Å²) in [5.41, 5.74) is 2.68. The van der Waals surface area contributed by atoms with Crippen LogP contribution in [0.1, 0.15) is 57.2 Å². The van der Waals surface area contributed by atoms with Gasteiger partial charge in [0.25, 0.3) is 5.91 Å². The second-order valence-electron chi connectivity index (χ2n) is 7.13. The molecule has 0 aromatic heterocycles. The Hall–Kier alpha value is -1.06. The highest BCUT2D eigenvalue weighted by atomic mass is 35.5. The summed E-state index contributed by atoms with van der Waals surface area (Å²) in [5, 5.41) is 0. The van der Waals surface area contributed by atoms with Gasteiger partial charge in [-0.05, 0) is 68.3 Å². The molecular formula is C19H25ClN2O. The zero-order chi connectivity index (χ0) is 17.4. The second-order valence-corrected chi connectivity index (χ2v) is 7.13. The van der Waals surface area contributed by atoms with E-state index in [0.29, 0.717) is 12.1 Å². The van der Waals surface area contributed by atoms with Gasteiger partial charge in [-0.1, -0.05) is 12.1 Å². The predicted molar refractivity (Wildman–Crippen MR) is 93.4 cm³/mol. The van der Waals surface area contributed by atoms with Crippen LogP contribution >= 0.6 is 12.4 Å². The molecule has 0 spiro atoms. The molecule has 5 aliphatic rings. The number of piperidine rings is 3. The Bertz CT molecular complexity index is 750. The fourth-order valence-corrected chi connectivity index (χ4v) is 4.78. The molecule has 4 heterocycles. The van der Waals surface area contributed by atoms with E-state index in [4.69, 9.17) is 2.74 Å². The van der Waals surface area contributed by atoms with Gasteiger partial charge in [0.05, 0.1) is 4.11 Å². The Morgan fingerprint density at radius 3 is 2.78 bits per heavy atom. The number of carbonyl (C=O) groups is 1. The minimum Gasteiger partial charge on any atom is -0.333 e. The molecule has 23 heavy (non-hydrogen) atoms. The smallest absolute Gasteiger partial charge is 0.254 e. The number of carbonyl (C=O) groups excluding carboxylic acids is 1. The van der Waals surface area contributed by atoms with Gasteiger partial charge in [0.15, 0.2) is 0 Å². The lowest BCUT2D eigenvalue weighted by molar-refractivity contribution is 0.00258. The van der Waals surface area contributed by atoms with Gasteiger partial charge >= 0.3 is 0 Å².